The number of aliphatic hydroxyl groups excluding tert-OH is 1. The molecule has 4 rings (SSSR count). The van der Waals surface area contributed by atoms with E-state index in [0.717, 1.165) is 18.7 Å². The summed E-state index contributed by atoms with van der Waals surface area (Å²) in [5.74, 6) is -1.46. The quantitative estimate of drug-likeness (QED) is 0.411. The predicted molar refractivity (Wildman–Crippen MR) is 110 cm³/mol. The number of benzene rings is 1. The van der Waals surface area contributed by atoms with Gasteiger partial charge in [-0.05, 0) is 30.3 Å². The summed E-state index contributed by atoms with van der Waals surface area (Å²) < 4.78 is 5.40. The molecule has 1 atom stereocenters. The molecule has 156 valence electrons. The summed E-state index contributed by atoms with van der Waals surface area (Å²) >= 11 is 5.95. The number of aromatic amines is 1. The minimum absolute atomic E-state index is 0.0962. The molecule has 2 aliphatic heterocycles. The first kappa shape index (κ1) is 20.5. The van der Waals surface area contributed by atoms with Crippen LogP contribution in [0.1, 0.15) is 17.2 Å². The molecule has 1 aromatic heterocycles. The van der Waals surface area contributed by atoms with Gasteiger partial charge in [0, 0.05) is 22.2 Å². The van der Waals surface area contributed by atoms with Gasteiger partial charge in [-0.1, -0.05) is 11.6 Å². The zero-order chi connectivity index (χ0) is 21.1. The maximum atomic E-state index is 13.0. The number of Topliss-reactive ketones (excluding diaryl/α,β-unsaturated/α-hetero) is 1. The van der Waals surface area contributed by atoms with E-state index in [0.29, 0.717) is 36.9 Å². The summed E-state index contributed by atoms with van der Waals surface area (Å²) in [6.45, 7) is 4.27. The third-order valence-corrected chi connectivity index (χ3v) is 5.86. The van der Waals surface area contributed by atoms with Crippen LogP contribution in [0, 0.1) is 0 Å². The van der Waals surface area contributed by atoms with Crippen LogP contribution in [0.2, 0.25) is 5.02 Å². The van der Waals surface area contributed by atoms with Crippen molar-refractivity contribution in [3.8, 4) is 0 Å². The first-order valence-corrected chi connectivity index (χ1v) is 10.4. The van der Waals surface area contributed by atoms with Crippen molar-refractivity contribution in [3.63, 3.8) is 0 Å². The number of halogens is 1. The summed E-state index contributed by atoms with van der Waals surface area (Å²) in [5.41, 5.74) is 1.28. The monoisotopic (exact) mass is 429 g/mol. The second-order valence-electron chi connectivity index (χ2n) is 7.45. The van der Waals surface area contributed by atoms with E-state index in [1.54, 1.807) is 41.6 Å². The molecule has 2 fully saturated rings. The molecule has 0 bridgehead atoms. The zero-order valence-electron chi connectivity index (χ0n) is 16.4. The van der Waals surface area contributed by atoms with Gasteiger partial charge in [-0.15, -0.1) is 0 Å². The lowest BCUT2D eigenvalue weighted by molar-refractivity contribution is -0.907. The number of carbonyl (C=O) groups excluding carboxylic acids is 2. The van der Waals surface area contributed by atoms with Crippen molar-refractivity contribution in [1.29, 1.82) is 0 Å². The van der Waals surface area contributed by atoms with Crippen LogP contribution in [0.5, 0.6) is 0 Å². The Hall–Kier alpha value is -2.74. The highest BCUT2D eigenvalue weighted by Gasteiger charge is 2.47. The highest BCUT2D eigenvalue weighted by atomic mass is 35.5. The highest BCUT2D eigenvalue weighted by Crippen LogP contribution is 2.38. The molecule has 1 unspecified atom stereocenters. The molecule has 0 spiro atoms. The normalized spacial score (nSPS) is 21.9. The number of carbonyl (C=O) groups is 2. The van der Waals surface area contributed by atoms with Crippen molar-refractivity contribution in [2.24, 2.45) is 0 Å². The molecular weight excluding hydrogens is 406 g/mol. The second-order valence-corrected chi connectivity index (χ2v) is 7.88. The van der Waals surface area contributed by atoms with Gasteiger partial charge in [-0.25, -0.2) is 4.98 Å². The summed E-state index contributed by atoms with van der Waals surface area (Å²) in [4.78, 5) is 31.8. The molecule has 0 saturated carbocycles. The van der Waals surface area contributed by atoms with Crippen LogP contribution in [0.15, 0.2) is 54.4 Å². The second kappa shape index (κ2) is 8.95. The summed E-state index contributed by atoms with van der Waals surface area (Å²) in [7, 11) is 0. The number of hydrogen-bond donors (Lipinski definition) is 2. The van der Waals surface area contributed by atoms with Crippen molar-refractivity contribution in [3.05, 3.63) is 70.5 Å². The Morgan fingerprint density at radius 3 is 2.60 bits per heavy atom. The van der Waals surface area contributed by atoms with Gasteiger partial charge in [-0.2, -0.15) is 0 Å². The standard InChI is InChI=1S/C22H22ClN3O4/c23-17-5-3-15(4-6-17)20(27)18-19(16-2-1-7-24-14-16)26(22(29)21(18)28)9-8-25-10-12-30-13-11-25/h1-7,14,19,27H,8-13H2/p+2. The number of morpholine rings is 1. The van der Waals surface area contributed by atoms with E-state index in [4.69, 9.17) is 16.3 Å². The summed E-state index contributed by atoms with van der Waals surface area (Å²) in [5, 5.41) is 11.5. The fourth-order valence-corrected chi connectivity index (χ4v) is 4.11. The smallest absolute Gasteiger partial charge is 0.295 e. The number of H-pyrrole nitrogens is 1. The van der Waals surface area contributed by atoms with E-state index in [2.05, 4.69) is 4.98 Å². The fraction of sp³-hybridized carbons (Fsp3) is 0.318. The van der Waals surface area contributed by atoms with E-state index >= 15 is 0 Å². The molecule has 3 heterocycles. The number of aromatic nitrogens is 1. The topological polar surface area (TPSA) is 85.4 Å². The Morgan fingerprint density at radius 2 is 1.93 bits per heavy atom. The molecule has 0 radical (unpaired) electrons. The first-order valence-electron chi connectivity index (χ1n) is 9.98. The number of rotatable bonds is 5. The van der Waals surface area contributed by atoms with Crippen molar-refractivity contribution >= 4 is 29.1 Å². The van der Waals surface area contributed by atoms with Crippen LogP contribution < -0.4 is 9.88 Å². The molecule has 0 aliphatic carbocycles. The average Bonchev–Trinajstić information content (AvgIpc) is 3.04. The molecule has 8 heteroatoms. The van der Waals surface area contributed by atoms with Gasteiger partial charge >= 0.3 is 0 Å². The van der Waals surface area contributed by atoms with Crippen molar-refractivity contribution in [2.75, 3.05) is 39.4 Å². The number of amides is 1. The fourth-order valence-electron chi connectivity index (χ4n) is 3.99. The van der Waals surface area contributed by atoms with E-state index in [1.165, 1.54) is 4.90 Å². The number of hydrogen-bond acceptors (Lipinski definition) is 4. The minimum atomic E-state index is -0.673. The van der Waals surface area contributed by atoms with Gasteiger partial charge in [0.15, 0.2) is 12.4 Å². The lowest BCUT2D eigenvalue weighted by Crippen LogP contribution is -3.14. The van der Waals surface area contributed by atoms with Gasteiger partial charge in [0.1, 0.15) is 18.8 Å². The molecule has 2 aliphatic rings. The Balaban J connectivity index is 1.71. The van der Waals surface area contributed by atoms with Crippen molar-refractivity contribution in [2.45, 2.75) is 6.04 Å². The third-order valence-electron chi connectivity index (χ3n) is 5.61. The van der Waals surface area contributed by atoms with Gasteiger partial charge in [-0.3, -0.25) is 9.59 Å². The lowest BCUT2D eigenvalue weighted by Gasteiger charge is -2.28. The lowest BCUT2D eigenvalue weighted by atomic mass is 9.96. The molecular formula is C22H24ClN3O4+2. The van der Waals surface area contributed by atoms with E-state index < -0.39 is 17.7 Å². The maximum Gasteiger partial charge on any atom is 0.295 e. The van der Waals surface area contributed by atoms with Gasteiger partial charge in [0.25, 0.3) is 11.7 Å². The minimum Gasteiger partial charge on any atom is -0.507 e. The van der Waals surface area contributed by atoms with Crippen LogP contribution in [0.4, 0.5) is 0 Å². The Kier molecular flexibility index (Phi) is 6.13. The molecule has 7 nitrogen and oxygen atoms in total. The number of pyridine rings is 1. The number of nitrogens with one attached hydrogen (secondary N) is 2. The van der Waals surface area contributed by atoms with Crippen LogP contribution in [-0.4, -0.2) is 61.1 Å². The number of ether oxygens (including phenoxy) is 1. The molecule has 3 N–H and O–H groups in total. The van der Waals surface area contributed by atoms with Crippen LogP contribution in [0.25, 0.3) is 5.76 Å². The molecule has 30 heavy (non-hydrogen) atoms. The average molecular weight is 430 g/mol. The Labute approximate surface area is 179 Å². The largest absolute Gasteiger partial charge is 0.507 e. The third kappa shape index (κ3) is 4.09. The Morgan fingerprint density at radius 1 is 1.20 bits per heavy atom. The molecule has 2 saturated heterocycles. The molecule has 1 aromatic carbocycles. The highest BCUT2D eigenvalue weighted by molar-refractivity contribution is 6.46. The van der Waals surface area contributed by atoms with E-state index in [-0.39, 0.29) is 11.3 Å². The SMILES string of the molecule is O=C1C(=O)N(CC[NH+]2CCOCC2)C(c2ccc[nH+]c2)C1=C(O)c1ccc(Cl)cc1. The van der Waals surface area contributed by atoms with Crippen LogP contribution in [0.3, 0.4) is 0 Å². The van der Waals surface area contributed by atoms with Crippen molar-refractivity contribution < 1.29 is 29.3 Å². The van der Waals surface area contributed by atoms with Crippen LogP contribution in [-0.2, 0) is 14.3 Å². The van der Waals surface area contributed by atoms with Gasteiger partial charge in [0.05, 0.1) is 37.9 Å². The first-order chi connectivity index (χ1) is 14.6. The maximum absolute atomic E-state index is 13.0. The number of quaternary nitrogens is 1. The summed E-state index contributed by atoms with van der Waals surface area (Å²) in [6.07, 6.45) is 3.51. The number of likely N-dealkylation sites (tertiary alicyclic amines) is 1. The Bertz CT molecular complexity index is 956. The zero-order valence-corrected chi connectivity index (χ0v) is 17.2. The number of nitrogens with zero attached hydrogens (tertiary/aromatic N) is 1. The summed E-state index contributed by atoms with van der Waals surface area (Å²) in [6, 6.07) is 9.55. The van der Waals surface area contributed by atoms with Crippen molar-refractivity contribution in [1.82, 2.24) is 4.90 Å². The van der Waals surface area contributed by atoms with Gasteiger partial charge < -0.3 is 19.6 Å². The van der Waals surface area contributed by atoms with E-state index in [1.807, 2.05) is 12.1 Å². The van der Waals surface area contributed by atoms with E-state index in [9.17, 15) is 14.7 Å². The van der Waals surface area contributed by atoms with Crippen LogP contribution >= 0.6 is 11.6 Å². The molecule has 2 aromatic rings. The molecule has 1 amide bonds. The number of aliphatic hydroxyl groups is 1. The predicted octanol–water partition coefficient (Wildman–Crippen LogP) is 0.491. The van der Waals surface area contributed by atoms with Gasteiger partial charge in [0.2, 0.25) is 0 Å². The number of ketones is 1.